The average molecular weight is 270 g/mol. The Bertz CT molecular complexity index is 658. The number of aromatic nitrogens is 1. The van der Waals surface area contributed by atoms with Gasteiger partial charge in [0, 0.05) is 31.4 Å². The van der Waals surface area contributed by atoms with E-state index in [-0.39, 0.29) is 5.91 Å². The number of hydrogen-bond acceptors (Lipinski definition) is 3. The highest BCUT2D eigenvalue weighted by atomic mass is 16.5. The van der Waals surface area contributed by atoms with Crippen LogP contribution in [0.25, 0.3) is 0 Å². The number of methoxy groups -OCH3 is 1. The molecule has 1 aromatic heterocycles. The molecule has 0 saturated carbocycles. The molecule has 20 heavy (non-hydrogen) atoms. The zero-order chi connectivity index (χ0) is 14.1. The summed E-state index contributed by atoms with van der Waals surface area (Å²) in [6.45, 7) is 3.72. The van der Waals surface area contributed by atoms with Gasteiger partial charge in [-0.2, -0.15) is 0 Å². The van der Waals surface area contributed by atoms with Crippen molar-refractivity contribution in [3.63, 3.8) is 0 Å². The first-order chi connectivity index (χ1) is 9.70. The standard InChI is InChI=1S/C16H18N2O2/c1-11-3-4-15(20-2)13(9-11)16(19)18-8-6-12-10-17-7-5-14(12)18/h3-4,6,8-9,17H,5,7,10H2,1-2H3. The molecule has 0 bridgehead atoms. The first kappa shape index (κ1) is 12.9. The van der Waals surface area contributed by atoms with Crippen LogP contribution in [0.15, 0.2) is 30.5 Å². The summed E-state index contributed by atoms with van der Waals surface area (Å²) >= 11 is 0. The minimum atomic E-state index is -0.0197. The number of fused-ring (bicyclic) bond motifs is 1. The molecule has 0 amide bonds. The Hall–Kier alpha value is -2.07. The van der Waals surface area contributed by atoms with Gasteiger partial charge in [-0.1, -0.05) is 11.6 Å². The van der Waals surface area contributed by atoms with Gasteiger partial charge in [0.05, 0.1) is 12.7 Å². The summed E-state index contributed by atoms with van der Waals surface area (Å²) in [5.74, 6) is 0.602. The number of aryl methyl sites for hydroxylation is 1. The van der Waals surface area contributed by atoms with Gasteiger partial charge in [-0.3, -0.25) is 9.36 Å². The molecule has 0 saturated heterocycles. The molecule has 1 aromatic carbocycles. The fourth-order valence-electron chi connectivity index (χ4n) is 2.69. The Balaban J connectivity index is 2.05. The molecule has 1 aliphatic rings. The zero-order valence-corrected chi connectivity index (χ0v) is 11.8. The van der Waals surface area contributed by atoms with Crippen LogP contribution in [0.1, 0.15) is 27.2 Å². The van der Waals surface area contributed by atoms with Gasteiger partial charge in [0.25, 0.3) is 5.91 Å². The molecule has 0 aliphatic carbocycles. The molecular weight excluding hydrogens is 252 g/mol. The summed E-state index contributed by atoms with van der Waals surface area (Å²) in [7, 11) is 1.59. The van der Waals surface area contributed by atoms with Crippen molar-refractivity contribution in [1.82, 2.24) is 9.88 Å². The summed E-state index contributed by atoms with van der Waals surface area (Å²) in [5, 5.41) is 3.32. The number of benzene rings is 1. The van der Waals surface area contributed by atoms with Crippen LogP contribution in [0.4, 0.5) is 0 Å². The van der Waals surface area contributed by atoms with Gasteiger partial charge in [-0.25, -0.2) is 0 Å². The Kier molecular flexibility index (Phi) is 3.32. The van der Waals surface area contributed by atoms with E-state index in [0.717, 1.165) is 30.8 Å². The van der Waals surface area contributed by atoms with E-state index in [1.807, 2.05) is 37.4 Å². The number of hydrogen-bond donors (Lipinski definition) is 1. The van der Waals surface area contributed by atoms with Crippen molar-refractivity contribution in [2.45, 2.75) is 19.9 Å². The number of rotatable bonds is 2. The van der Waals surface area contributed by atoms with Crippen molar-refractivity contribution in [1.29, 1.82) is 0 Å². The number of ether oxygens (including phenoxy) is 1. The van der Waals surface area contributed by atoms with Crippen molar-refractivity contribution in [2.75, 3.05) is 13.7 Å². The lowest BCUT2D eigenvalue weighted by Gasteiger charge is -2.17. The molecule has 0 atom stereocenters. The van der Waals surface area contributed by atoms with Gasteiger partial charge >= 0.3 is 0 Å². The van der Waals surface area contributed by atoms with Gasteiger partial charge in [-0.15, -0.1) is 0 Å². The molecule has 4 heteroatoms. The molecule has 4 nitrogen and oxygen atoms in total. The van der Waals surface area contributed by atoms with Crippen LogP contribution in [0.2, 0.25) is 0 Å². The maximum absolute atomic E-state index is 12.8. The Morgan fingerprint density at radius 3 is 3.00 bits per heavy atom. The van der Waals surface area contributed by atoms with Gasteiger partial charge in [0.1, 0.15) is 5.75 Å². The molecule has 0 fully saturated rings. The maximum atomic E-state index is 12.8. The normalized spacial score (nSPS) is 13.9. The molecule has 0 radical (unpaired) electrons. The lowest BCUT2D eigenvalue weighted by atomic mass is 10.1. The maximum Gasteiger partial charge on any atom is 0.265 e. The predicted octanol–water partition coefficient (Wildman–Crippen LogP) is 2.14. The average Bonchev–Trinajstić information content (AvgIpc) is 2.90. The lowest BCUT2D eigenvalue weighted by Crippen LogP contribution is -2.26. The van der Waals surface area contributed by atoms with E-state index >= 15 is 0 Å². The van der Waals surface area contributed by atoms with Crippen molar-refractivity contribution < 1.29 is 9.53 Å². The molecule has 0 spiro atoms. The molecule has 2 heterocycles. The Morgan fingerprint density at radius 1 is 1.35 bits per heavy atom. The van der Waals surface area contributed by atoms with Crippen molar-refractivity contribution in [2.24, 2.45) is 0 Å². The predicted molar refractivity (Wildman–Crippen MR) is 77.3 cm³/mol. The molecule has 0 unspecified atom stereocenters. The van der Waals surface area contributed by atoms with E-state index in [2.05, 4.69) is 5.32 Å². The van der Waals surface area contributed by atoms with Gasteiger partial charge in [-0.05, 0) is 30.7 Å². The quantitative estimate of drug-likeness (QED) is 0.909. The third-order valence-corrected chi connectivity index (χ3v) is 3.74. The summed E-state index contributed by atoms with van der Waals surface area (Å²) in [6.07, 6.45) is 2.74. The van der Waals surface area contributed by atoms with Crippen LogP contribution in [-0.4, -0.2) is 24.1 Å². The lowest BCUT2D eigenvalue weighted by molar-refractivity contribution is 0.0953. The highest BCUT2D eigenvalue weighted by Gasteiger charge is 2.20. The molecule has 3 rings (SSSR count). The van der Waals surface area contributed by atoms with E-state index in [1.54, 1.807) is 11.7 Å². The van der Waals surface area contributed by atoms with Crippen molar-refractivity contribution in [3.8, 4) is 5.75 Å². The summed E-state index contributed by atoms with van der Waals surface area (Å²) in [5.41, 5.74) is 3.98. The van der Waals surface area contributed by atoms with Crippen LogP contribution >= 0.6 is 0 Å². The van der Waals surface area contributed by atoms with Crippen LogP contribution in [0.3, 0.4) is 0 Å². The Morgan fingerprint density at radius 2 is 2.20 bits per heavy atom. The minimum absolute atomic E-state index is 0.0197. The van der Waals surface area contributed by atoms with Gasteiger partial charge < -0.3 is 10.1 Å². The van der Waals surface area contributed by atoms with Gasteiger partial charge in [0.2, 0.25) is 0 Å². The highest BCUT2D eigenvalue weighted by molar-refractivity contribution is 5.99. The molecule has 1 N–H and O–H groups in total. The third kappa shape index (κ3) is 2.12. The van der Waals surface area contributed by atoms with E-state index < -0.39 is 0 Å². The second-order valence-electron chi connectivity index (χ2n) is 5.09. The first-order valence-electron chi connectivity index (χ1n) is 6.80. The Labute approximate surface area is 118 Å². The fraction of sp³-hybridized carbons (Fsp3) is 0.312. The van der Waals surface area contributed by atoms with E-state index in [4.69, 9.17) is 4.74 Å². The van der Waals surface area contributed by atoms with Crippen LogP contribution in [0.5, 0.6) is 5.75 Å². The molecule has 1 aliphatic heterocycles. The molecular formula is C16H18N2O2. The van der Waals surface area contributed by atoms with E-state index in [1.165, 1.54) is 5.56 Å². The van der Waals surface area contributed by atoms with Crippen molar-refractivity contribution >= 4 is 5.91 Å². The fourth-order valence-corrected chi connectivity index (χ4v) is 2.69. The summed E-state index contributed by atoms with van der Waals surface area (Å²) in [4.78, 5) is 12.8. The number of nitrogens with one attached hydrogen (secondary N) is 1. The van der Waals surface area contributed by atoms with Crippen molar-refractivity contribution in [3.05, 3.63) is 52.8 Å². The van der Waals surface area contributed by atoms with Gasteiger partial charge in [0.15, 0.2) is 0 Å². The smallest absolute Gasteiger partial charge is 0.265 e. The first-order valence-corrected chi connectivity index (χ1v) is 6.80. The molecule has 104 valence electrons. The number of carbonyl (C=O) groups excluding carboxylic acids is 1. The largest absolute Gasteiger partial charge is 0.496 e. The third-order valence-electron chi connectivity index (χ3n) is 3.74. The summed E-state index contributed by atoms with van der Waals surface area (Å²) < 4.78 is 7.07. The molecule has 2 aromatic rings. The van der Waals surface area contributed by atoms with Crippen LogP contribution in [-0.2, 0) is 13.0 Å². The second-order valence-corrected chi connectivity index (χ2v) is 5.09. The minimum Gasteiger partial charge on any atom is -0.496 e. The zero-order valence-electron chi connectivity index (χ0n) is 11.8. The highest BCUT2D eigenvalue weighted by Crippen LogP contribution is 2.23. The van der Waals surface area contributed by atoms with E-state index in [9.17, 15) is 4.79 Å². The van der Waals surface area contributed by atoms with E-state index in [0.29, 0.717) is 11.3 Å². The summed E-state index contributed by atoms with van der Waals surface area (Å²) in [6, 6.07) is 7.70. The number of nitrogens with zero attached hydrogens (tertiary/aromatic N) is 1. The monoisotopic (exact) mass is 270 g/mol. The van der Waals surface area contributed by atoms with Crippen LogP contribution < -0.4 is 10.1 Å². The second kappa shape index (κ2) is 5.13. The number of carbonyl (C=O) groups is 1. The SMILES string of the molecule is COc1ccc(C)cc1C(=O)n1ccc2c1CCNC2. The topological polar surface area (TPSA) is 43.3 Å². The van der Waals surface area contributed by atoms with Crippen LogP contribution in [0, 0.1) is 6.92 Å².